The lowest BCUT2D eigenvalue weighted by Crippen LogP contribution is -2.05. The molecule has 0 fully saturated rings. The quantitative estimate of drug-likeness (QED) is 0.914. The van der Waals surface area contributed by atoms with Crippen molar-refractivity contribution in [3.63, 3.8) is 0 Å². The number of hydrogen-bond donors (Lipinski definition) is 1. The van der Waals surface area contributed by atoms with E-state index in [0.29, 0.717) is 5.75 Å². The highest BCUT2D eigenvalue weighted by atomic mass is 32.2. The second-order valence-corrected chi connectivity index (χ2v) is 6.81. The van der Waals surface area contributed by atoms with Crippen LogP contribution in [0.1, 0.15) is 34.4 Å². The Morgan fingerprint density at radius 1 is 1.10 bits per heavy atom. The van der Waals surface area contributed by atoms with E-state index in [1.54, 1.807) is 0 Å². The average Bonchev–Trinajstić information content (AvgIpc) is 2.47. The van der Waals surface area contributed by atoms with Gasteiger partial charge in [0, 0.05) is 16.6 Å². The molecule has 0 aliphatic rings. The van der Waals surface area contributed by atoms with Crippen molar-refractivity contribution in [1.82, 2.24) is 0 Å². The summed E-state index contributed by atoms with van der Waals surface area (Å²) < 4.78 is 12.4. The SMILES string of the molecule is Cc1cccc(C(C)S(=O)Cc2ccc(CO)cc2)c1. The van der Waals surface area contributed by atoms with Crippen LogP contribution in [-0.4, -0.2) is 9.32 Å². The molecule has 0 heterocycles. The predicted molar refractivity (Wildman–Crippen MR) is 83.8 cm³/mol. The molecule has 2 aromatic rings. The summed E-state index contributed by atoms with van der Waals surface area (Å²) in [5, 5.41) is 9.03. The zero-order valence-corrected chi connectivity index (χ0v) is 12.7. The van der Waals surface area contributed by atoms with Crippen LogP contribution in [0.25, 0.3) is 0 Å². The first kappa shape index (κ1) is 14.9. The largest absolute Gasteiger partial charge is 0.392 e. The van der Waals surface area contributed by atoms with Gasteiger partial charge >= 0.3 is 0 Å². The highest BCUT2D eigenvalue weighted by molar-refractivity contribution is 7.84. The molecule has 0 amide bonds. The van der Waals surface area contributed by atoms with Crippen LogP contribution in [0.3, 0.4) is 0 Å². The van der Waals surface area contributed by atoms with Crippen molar-refractivity contribution in [2.45, 2.75) is 31.5 Å². The molecule has 0 spiro atoms. The average molecular weight is 288 g/mol. The van der Waals surface area contributed by atoms with Gasteiger partial charge in [0.15, 0.2) is 0 Å². The van der Waals surface area contributed by atoms with Gasteiger partial charge < -0.3 is 5.11 Å². The van der Waals surface area contributed by atoms with Crippen molar-refractivity contribution in [2.75, 3.05) is 0 Å². The summed E-state index contributed by atoms with van der Waals surface area (Å²) >= 11 is 0. The first-order chi connectivity index (χ1) is 9.60. The molecule has 2 rings (SSSR count). The van der Waals surface area contributed by atoms with E-state index in [-0.39, 0.29) is 11.9 Å². The molecule has 0 radical (unpaired) electrons. The monoisotopic (exact) mass is 288 g/mol. The minimum absolute atomic E-state index is 0.0208. The van der Waals surface area contributed by atoms with Gasteiger partial charge in [0.25, 0.3) is 0 Å². The minimum atomic E-state index is -0.946. The van der Waals surface area contributed by atoms with Crippen molar-refractivity contribution >= 4 is 10.8 Å². The van der Waals surface area contributed by atoms with E-state index in [0.717, 1.165) is 16.7 Å². The minimum Gasteiger partial charge on any atom is -0.392 e. The number of aryl methyl sites for hydroxylation is 1. The fourth-order valence-corrected chi connectivity index (χ4v) is 3.33. The van der Waals surface area contributed by atoms with Crippen LogP contribution >= 0.6 is 0 Å². The molecule has 0 aliphatic heterocycles. The maximum absolute atomic E-state index is 12.4. The molecule has 0 aromatic heterocycles. The van der Waals surface area contributed by atoms with E-state index in [4.69, 9.17) is 5.11 Å². The molecule has 1 N–H and O–H groups in total. The molecule has 2 nitrogen and oxygen atoms in total. The Morgan fingerprint density at radius 3 is 2.35 bits per heavy atom. The third kappa shape index (κ3) is 3.78. The smallest absolute Gasteiger partial charge is 0.0681 e. The van der Waals surface area contributed by atoms with Crippen molar-refractivity contribution in [3.8, 4) is 0 Å². The molecule has 0 bridgehead atoms. The number of aliphatic hydroxyl groups is 1. The van der Waals surface area contributed by atoms with E-state index in [1.165, 1.54) is 5.56 Å². The summed E-state index contributed by atoms with van der Waals surface area (Å²) in [4.78, 5) is 0. The third-order valence-electron chi connectivity index (χ3n) is 3.42. The summed E-state index contributed by atoms with van der Waals surface area (Å²) in [5.74, 6) is 0.542. The molecule has 3 heteroatoms. The van der Waals surface area contributed by atoms with E-state index >= 15 is 0 Å². The van der Waals surface area contributed by atoms with Gasteiger partial charge in [-0.25, -0.2) is 0 Å². The van der Waals surface area contributed by atoms with Gasteiger partial charge in [-0.1, -0.05) is 54.1 Å². The topological polar surface area (TPSA) is 37.3 Å². The summed E-state index contributed by atoms with van der Waals surface area (Å²) in [6.07, 6.45) is 0. The Balaban J connectivity index is 2.07. The molecule has 2 aromatic carbocycles. The van der Waals surface area contributed by atoms with Crippen molar-refractivity contribution in [2.24, 2.45) is 0 Å². The maximum atomic E-state index is 12.4. The fourth-order valence-electron chi connectivity index (χ4n) is 2.10. The molecule has 2 atom stereocenters. The van der Waals surface area contributed by atoms with Gasteiger partial charge in [-0.05, 0) is 30.5 Å². The van der Waals surface area contributed by atoms with Crippen LogP contribution in [0, 0.1) is 6.92 Å². The number of rotatable bonds is 5. The Morgan fingerprint density at radius 2 is 1.75 bits per heavy atom. The normalized spacial score (nSPS) is 13.9. The third-order valence-corrected chi connectivity index (χ3v) is 5.10. The van der Waals surface area contributed by atoms with Crippen LogP contribution in [0.4, 0.5) is 0 Å². The molecular formula is C17H20O2S. The summed E-state index contributed by atoms with van der Waals surface area (Å²) in [7, 11) is -0.946. The van der Waals surface area contributed by atoms with Gasteiger partial charge in [-0.3, -0.25) is 4.21 Å². The van der Waals surface area contributed by atoms with Crippen molar-refractivity contribution in [3.05, 3.63) is 70.8 Å². The van der Waals surface area contributed by atoms with Gasteiger partial charge in [0.2, 0.25) is 0 Å². The number of aliphatic hydroxyl groups excluding tert-OH is 1. The standard InChI is InChI=1S/C17H20O2S/c1-13-4-3-5-17(10-13)14(2)20(19)12-16-8-6-15(11-18)7-9-16/h3-10,14,18H,11-12H2,1-2H3. The van der Waals surface area contributed by atoms with E-state index in [1.807, 2.05) is 56.3 Å². The molecule has 0 aliphatic carbocycles. The van der Waals surface area contributed by atoms with Crippen LogP contribution in [-0.2, 0) is 23.2 Å². The van der Waals surface area contributed by atoms with Gasteiger partial charge in [0.05, 0.1) is 11.9 Å². The van der Waals surface area contributed by atoms with Crippen molar-refractivity contribution < 1.29 is 9.32 Å². The maximum Gasteiger partial charge on any atom is 0.0681 e. The first-order valence-electron chi connectivity index (χ1n) is 6.72. The molecule has 0 saturated heterocycles. The highest BCUT2D eigenvalue weighted by Crippen LogP contribution is 2.22. The summed E-state index contributed by atoms with van der Waals surface area (Å²) in [6, 6.07) is 15.8. The van der Waals surface area contributed by atoms with Crippen LogP contribution in [0.15, 0.2) is 48.5 Å². The summed E-state index contributed by atoms with van der Waals surface area (Å²) in [6.45, 7) is 4.10. The zero-order chi connectivity index (χ0) is 14.5. The zero-order valence-electron chi connectivity index (χ0n) is 11.9. The predicted octanol–water partition coefficient (Wildman–Crippen LogP) is 3.50. The lowest BCUT2D eigenvalue weighted by Gasteiger charge is -2.13. The molecule has 2 unspecified atom stereocenters. The first-order valence-corrected chi connectivity index (χ1v) is 8.11. The molecular weight excluding hydrogens is 268 g/mol. The summed E-state index contributed by atoms with van der Waals surface area (Å²) in [5.41, 5.74) is 4.24. The van der Waals surface area contributed by atoms with E-state index in [9.17, 15) is 4.21 Å². The van der Waals surface area contributed by atoms with E-state index in [2.05, 4.69) is 6.07 Å². The van der Waals surface area contributed by atoms with Gasteiger partial charge in [-0.2, -0.15) is 0 Å². The van der Waals surface area contributed by atoms with Gasteiger partial charge in [0.1, 0.15) is 0 Å². The fraction of sp³-hybridized carbons (Fsp3) is 0.294. The van der Waals surface area contributed by atoms with Crippen molar-refractivity contribution in [1.29, 1.82) is 0 Å². The number of hydrogen-bond acceptors (Lipinski definition) is 2. The second-order valence-electron chi connectivity index (χ2n) is 5.06. The van der Waals surface area contributed by atoms with Crippen LogP contribution in [0.2, 0.25) is 0 Å². The molecule has 0 saturated carbocycles. The number of benzene rings is 2. The Kier molecular flexibility index (Phi) is 5.10. The van der Waals surface area contributed by atoms with Crippen LogP contribution < -0.4 is 0 Å². The Hall–Kier alpha value is -1.45. The molecule has 20 heavy (non-hydrogen) atoms. The Bertz CT molecular complexity index is 590. The van der Waals surface area contributed by atoms with Gasteiger partial charge in [-0.15, -0.1) is 0 Å². The lowest BCUT2D eigenvalue weighted by molar-refractivity contribution is 0.282. The lowest BCUT2D eigenvalue weighted by atomic mass is 10.1. The Labute approximate surface area is 122 Å². The highest BCUT2D eigenvalue weighted by Gasteiger charge is 2.14. The molecule has 106 valence electrons. The van der Waals surface area contributed by atoms with Crippen LogP contribution in [0.5, 0.6) is 0 Å². The second kappa shape index (κ2) is 6.82. The van der Waals surface area contributed by atoms with E-state index < -0.39 is 10.8 Å².